The van der Waals surface area contributed by atoms with Gasteiger partial charge in [-0.3, -0.25) is 0 Å². The number of likely N-dealkylation sites (tertiary alicyclic amines) is 1. The third-order valence-electron chi connectivity index (χ3n) is 5.17. The van der Waals surface area contributed by atoms with E-state index in [-0.39, 0.29) is 0 Å². The predicted octanol–water partition coefficient (Wildman–Crippen LogP) is 2.29. The van der Waals surface area contributed by atoms with Crippen LogP contribution in [0.25, 0.3) is 0 Å². The lowest BCUT2D eigenvalue weighted by molar-refractivity contribution is -0.0734. The highest BCUT2D eigenvalue weighted by molar-refractivity contribution is 4.85. The highest BCUT2D eigenvalue weighted by atomic mass is 16.5. The van der Waals surface area contributed by atoms with Crippen LogP contribution >= 0.6 is 0 Å². The van der Waals surface area contributed by atoms with E-state index >= 15 is 0 Å². The SMILES string of the molecule is NC1CCN(C2CCC(OC3CCC3)CC2)CC1. The lowest BCUT2D eigenvalue weighted by Gasteiger charge is -2.41. The normalized spacial score (nSPS) is 36.5. The van der Waals surface area contributed by atoms with Crippen molar-refractivity contribution in [1.29, 1.82) is 0 Å². The average Bonchev–Trinajstić information content (AvgIpc) is 2.36. The Morgan fingerprint density at radius 3 is 1.94 bits per heavy atom. The summed E-state index contributed by atoms with van der Waals surface area (Å²) < 4.78 is 6.14. The Balaban J connectivity index is 1.39. The fourth-order valence-corrected chi connectivity index (χ4v) is 3.61. The molecule has 0 aromatic heterocycles. The van der Waals surface area contributed by atoms with Crippen LogP contribution in [-0.4, -0.2) is 42.3 Å². The first kappa shape index (κ1) is 12.9. The molecule has 3 rings (SSSR count). The van der Waals surface area contributed by atoms with Crippen LogP contribution in [0.15, 0.2) is 0 Å². The minimum Gasteiger partial charge on any atom is -0.375 e. The van der Waals surface area contributed by atoms with Crippen molar-refractivity contribution in [2.75, 3.05) is 13.1 Å². The molecule has 0 spiro atoms. The first-order valence-corrected chi connectivity index (χ1v) is 7.96. The molecule has 0 unspecified atom stereocenters. The van der Waals surface area contributed by atoms with Crippen LogP contribution in [0.5, 0.6) is 0 Å². The molecule has 1 heterocycles. The second-order valence-electron chi connectivity index (χ2n) is 6.49. The first-order chi connectivity index (χ1) is 8.81. The van der Waals surface area contributed by atoms with E-state index in [4.69, 9.17) is 10.5 Å². The Morgan fingerprint density at radius 2 is 1.39 bits per heavy atom. The van der Waals surface area contributed by atoms with Crippen LogP contribution in [0.1, 0.15) is 57.8 Å². The number of nitrogens with two attached hydrogens (primary N) is 1. The van der Waals surface area contributed by atoms with Gasteiger partial charge in [0.2, 0.25) is 0 Å². The lowest BCUT2D eigenvalue weighted by atomic mass is 9.89. The summed E-state index contributed by atoms with van der Waals surface area (Å²) in [4.78, 5) is 2.68. The van der Waals surface area contributed by atoms with Crippen molar-refractivity contribution in [3.8, 4) is 0 Å². The summed E-state index contributed by atoms with van der Waals surface area (Å²) in [5.74, 6) is 0. The number of hydrogen-bond acceptors (Lipinski definition) is 3. The van der Waals surface area contributed by atoms with E-state index in [2.05, 4.69) is 4.90 Å². The minimum atomic E-state index is 0.458. The molecule has 0 aromatic carbocycles. The quantitative estimate of drug-likeness (QED) is 0.837. The molecule has 0 radical (unpaired) electrons. The van der Waals surface area contributed by atoms with Crippen LogP contribution in [0.3, 0.4) is 0 Å². The van der Waals surface area contributed by atoms with Gasteiger partial charge in [-0.15, -0.1) is 0 Å². The molecule has 3 fully saturated rings. The molecule has 0 bridgehead atoms. The molecule has 3 aliphatic rings. The Hall–Kier alpha value is -0.120. The van der Waals surface area contributed by atoms with Gasteiger partial charge < -0.3 is 15.4 Å². The molecule has 0 aromatic rings. The molecule has 0 amide bonds. The van der Waals surface area contributed by atoms with Crippen LogP contribution in [0.2, 0.25) is 0 Å². The van der Waals surface area contributed by atoms with Gasteiger partial charge in [0.05, 0.1) is 12.2 Å². The van der Waals surface area contributed by atoms with E-state index in [0.717, 1.165) is 6.04 Å². The maximum absolute atomic E-state index is 6.14. The van der Waals surface area contributed by atoms with Crippen molar-refractivity contribution in [3.05, 3.63) is 0 Å². The highest BCUT2D eigenvalue weighted by Gasteiger charge is 2.30. The van der Waals surface area contributed by atoms with Gasteiger partial charge in [0.15, 0.2) is 0 Å². The molecule has 2 saturated carbocycles. The topological polar surface area (TPSA) is 38.5 Å². The van der Waals surface area contributed by atoms with Gasteiger partial charge in [0, 0.05) is 12.1 Å². The minimum absolute atomic E-state index is 0.458. The Morgan fingerprint density at radius 1 is 0.778 bits per heavy atom. The van der Waals surface area contributed by atoms with Gasteiger partial charge in [0.25, 0.3) is 0 Å². The van der Waals surface area contributed by atoms with E-state index in [1.54, 1.807) is 0 Å². The molecule has 18 heavy (non-hydrogen) atoms. The van der Waals surface area contributed by atoms with E-state index in [9.17, 15) is 0 Å². The summed E-state index contributed by atoms with van der Waals surface area (Å²) in [6, 6.07) is 1.28. The number of hydrogen-bond donors (Lipinski definition) is 1. The van der Waals surface area contributed by atoms with Gasteiger partial charge >= 0.3 is 0 Å². The molecule has 2 aliphatic carbocycles. The fourth-order valence-electron chi connectivity index (χ4n) is 3.61. The van der Waals surface area contributed by atoms with Crippen LogP contribution in [0, 0.1) is 0 Å². The summed E-state index contributed by atoms with van der Waals surface area (Å²) in [6.07, 6.45) is 12.8. The summed E-state index contributed by atoms with van der Waals surface area (Å²) >= 11 is 0. The fraction of sp³-hybridized carbons (Fsp3) is 1.00. The Kier molecular flexibility index (Phi) is 4.22. The van der Waals surface area contributed by atoms with Gasteiger partial charge in [-0.05, 0) is 70.9 Å². The third-order valence-corrected chi connectivity index (χ3v) is 5.17. The van der Waals surface area contributed by atoms with Gasteiger partial charge in [-0.25, -0.2) is 0 Å². The van der Waals surface area contributed by atoms with Crippen molar-refractivity contribution in [2.45, 2.75) is 82.1 Å². The molecule has 0 atom stereocenters. The second kappa shape index (κ2) is 5.89. The van der Waals surface area contributed by atoms with Crippen LogP contribution in [-0.2, 0) is 4.74 Å². The van der Waals surface area contributed by atoms with E-state index < -0.39 is 0 Å². The van der Waals surface area contributed by atoms with E-state index in [1.165, 1.54) is 70.9 Å². The number of rotatable bonds is 3. The zero-order chi connectivity index (χ0) is 12.4. The number of piperidine rings is 1. The molecule has 2 N–H and O–H groups in total. The molecular formula is C15H28N2O. The largest absolute Gasteiger partial charge is 0.375 e. The Bertz CT molecular complexity index is 251. The summed E-state index contributed by atoms with van der Waals surface area (Å²) in [7, 11) is 0. The number of nitrogens with zero attached hydrogens (tertiary/aromatic N) is 1. The van der Waals surface area contributed by atoms with Crippen molar-refractivity contribution >= 4 is 0 Å². The van der Waals surface area contributed by atoms with E-state index in [1.807, 2.05) is 0 Å². The standard InChI is InChI=1S/C15H28N2O/c16-12-8-10-17(11-9-12)13-4-6-15(7-5-13)18-14-2-1-3-14/h12-15H,1-11,16H2. The lowest BCUT2D eigenvalue weighted by Crippen LogP contribution is -2.47. The van der Waals surface area contributed by atoms with Crippen molar-refractivity contribution in [1.82, 2.24) is 4.90 Å². The van der Waals surface area contributed by atoms with Gasteiger partial charge in [0.1, 0.15) is 0 Å². The van der Waals surface area contributed by atoms with Crippen molar-refractivity contribution < 1.29 is 4.74 Å². The summed E-state index contributed by atoms with van der Waals surface area (Å²) in [5.41, 5.74) is 5.98. The maximum atomic E-state index is 6.14. The number of ether oxygens (including phenoxy) is 1. The van der Waals surface area contributed by atoms with Crippen LogP contribution < -0.4 is 5.73 Å². The van der Waals surface area contributed by atoms with Gasteiger partial charge in [-0.1, -0.05) is 0 Å². The molecule has 1 saturated heterocycles. The smallest absolute Gasteiger partial charge is 0.0580 e. The molecular weight excluding hydrogens is 224 g/mol. The van der Waals surface area contributed by atoms with Crippen molar-refractivity contribution in [2.24, 2.45) is 5.73 Å². The third kappa shape index (κ3) is 3.06. The molecule has 104 valence electrons. The average molecular weight is 252 g/mol. The molecule has 3 nitrogen and oxygen atoms in total. The summed E-state index contributed by atoms with van der Waals surface area (Å²) in [6.45, 7) is 2.44. The zero-order valence-corrected chi connectivity index (χ0v) is 11.5. The summed E-state index contributed by atoms with van der Waals surface area (Å²) in [5, 5.41) is 0. The van der Waals surface area contributed by atoms with Gasteiger partial charge in [-0.2, -0.15) is 0 Å². The predicted molar refractivity (Wildman–Crippen MR) is 73.6 cm³/mol. The maximum Gasteiger partial charge on any atom is 0.0580 e. The Labute approximate surface area is 111 Å². The highest BCUT2D eigenvalue weighted by Crippen LogP contribution is 2.31. The van der Waals surface area contributed by atoms with Crippen molar-refractivity contribution in [3.63, 3.8) is 0 Å². The first-order valence-electron chi connectivity index (χ1n) is 7.96. The molecule has 1 aliphatic heterocycles. The van der Waals surface area contributed by atoms with Crippen LogP contribution in [0.4, 0.5) is 0 Å². The second-order valence-corrected chi connectivity index (χ2v) is 6.49. The molecule has 3 heteroatoms. The monoisotopic (exact) mass is 252 g/mol. The zero-order valence-electron chi connectivity index (χ0n) is 11.5. The van der Waals surface area contributed by atoms with E-state index in [0.29, 0.717) is 18.2 Å².